The van der Waals surface area contributed by atoms with Gasteiger partial charge in [0.1, 0.15) is 26.2 Å². The maximum atomic E-state index is 15.8. The van der Waals surface area contributed by atoms with Gasteiger partial charge in [-0.15, -0.1) is 12.4 Å². The smallest absolute Gasteiger partial charge is 0.265 e. The SMILES string of the molecule is CC(=O)c1cn(CC(=O)N(CC(=O)Nc2cccc(-c3ccccc3Cl)c2F)[C@H](C)CO)c2ccc(CC(=O)N3CCCC(F)(F)C3)cc12.CC(=O)c1cn(CC(=O)N(CC(=O)Nc2cccc(-c3ccccc3Cl)c2F)[C@H](C)CO[Si](C)(C)C(C)(C)C)c2ccc(CC(=O)N3CCCC(F)(F)C3)cc12.Cl. The third kappa shape index (κ3) is 20.2. The van der Waals surface area contributed by atoms with Crippen molar-refractivity contribution in [3.63, 3.8) is 0 Å². The molecule has 2 saturated heterocycles. The Morgan fingerprint density at radius 1 is 0.585 bits per heavy atom. The van der Waals surface area contributed by atoms with E-state index in [2.05, 4.69) is 44.5 Å². The van der Waals surface area contributed by atoms with Crippen molar-refractivity contribution in [3.05, 3.63) is 178 Å². The van der Waals surface area contributed by atoms with Gasteiger partial charge in [-0.25, -0.2) is 26.3 Å². The molecule has 28 heteroatoms. The molecular formula is C78H87Cl3F6N8O10Si. The molecule has 0 spiro atoms. The van der Waals surface area contributed by atoms with Crippen LogP contribution in [-0.2, 0) is 59.1 Å². The zero-order valence-corrected chi connectivity index (χ0v) is 63.7. The Hall–Kier alpha value is -8.85. The molecule has 10 rings (SSSR count). The molecule has 2 aromatic heterocycles. The number of hydrogen-bond acceptors (Lipinski definition) is 10. The molecule has 0 unspecified atom stereocenters. The van der Waals surface area contributed by atoms with E-state index in [4.69, 9.17) is 27.6 Å². The van der Waals surface area contributed by atoms with Gasteiger partial charge in [-0.05, 0) is 118 Å². The predicted molar refractivity (Wildman–Crippen MR) is 404 cm³/mol. The number of hydrogen-bond donors (Lipinski definition) is 3. The molecular weight excluding hydrogens is 1460 g/mol. The number of nitrogens with one attached hydrogen (secondary N) is 2. The van der Waals surface area contributed by atoms with Gasteiger partial charge in [0, 0.05) is 104 Å². The first kappa shape index (κ1) is 82.8. The first-order valence-corrected chi connectivity index (χ1v) is 38.2. The lowest BCUT2D eigenvalue weighted by Crippen LogP contribution is -2.49. The molecule has 3 N–H and O–H groups in total. The summed E-state index contributed by atoms with van der Waals surface area (Å²) < 4.78 is 96.7. The molecule has 8 aromatic rings. The topological polar surface area (TPSA) is 213 Å². The summed E-state index contributed by atoms with van der Waals surface area (Å²) in [7, 11) is -2.26. The van der Waals surface area contributed by atoms with Crippen LogP contribution in [0.1, 0.15) is 106 Å². The fourth-order valence-electron chi connectivity index (χ4n) is 12.6. The third-order valence-corrected chi connectivity index (χ3v) is 24.6. The van der Waals surface area contributed by atoms with E-state index in [1.807, 2.05) is 0 Å². The second-order valence-electron chi connectivity index (χ2n) is 28.4. The van der Waals surface area contributed by atoms with Crippen molar-refractivity contribution in [2.45, 2.75) is 142 Å². The number of likely N-dealkylation sites (tertiary alicyclic amines) is 2. The minimum Gasteiger partial charge on any atom is -0.415 e. The van der Waals surface area contributed by atoms with Crippen molar-refractivity contribution in [2.24, 2.45) is 0 Å². The largest absolute Gasteiger partial charge is 0.415 e. The number of benzene rings is 6. The maximum Gasteiger partial charge on any atom is 0.265 e. The molecule has 2 aliphatic rings. The van der Waals surface area contributed by atoms with E-state index in [1.165, 1.54) is 52.6 Å². The van der Waals surface area contributed by atoms with Crippen LogP contribution in [0.5, 0.6) is 0 Å². The monoisotopic (exact) mass is 1540 g/mol. The number of aliphatic hydroxyl groups excluding tert-OH is 1. The van der Waals surface area contributed by atoms with Crippen LogP contribution < -0.4 is 10.6 Å². The van der Waals surface area contributed by atoms with Crippen molar-refractivity contribution in [1.29, 1.82) is 0 Å². The summed E-state index contributed by atoms with van der Waals surface area (Å²) in [5.41, 5.74) is 3.82. The Labute approximate surface area is 628 Å². The van der Waals surface area contributed by atoms with E-state index >= 15 is 8.78 Å². The summed E-state index contributed by atoms with van der Waals surface area (Å²) in [6.45, 7) is 14.0. The van der Waals surface area contributed by atoms with Crippen LogP contribution >= 0.6 is 35.6 Å². The fraction of sp³-hybridized carbons (Fsp3) is 0.385. The molecule has 18 nitrogen and oxygen atoms in total. The van der Waals surface area contributed by atoms with Gasteiger partial charge in [0.15, 0.2) is 31.5 Å². The van der Waals surface area contributed by atoms with E-state index in [-0.39, 0.29) is 128 Å². The van der Waals surface area contributed by atoms with Gasteiger partial charge < -0.3 is 48.9 Å². The number of amides is 6. The number of anilines is 2. The number of carbonyl (C=O) groups is 8. The van der Waals surface area contributed by atoms with E-state index in [0.29, 0.717) is 59.7 Å². The highest BCUT2D eigenvalue weighted by molar-refractivity contribution is 6.74. The van der Waals surface area contributed by atoms with Crippen LogP contribution in [0.15, 0.2) is 134 Å². The lowest BCUT2D eigenvalue weighted by atomic mass is 10.0. The van der Waals surface area contributed by atoms with Crippen LogP contribution in [0, 0.1) is 11.6 Å². The van der Waals surface area contributed by atoms with Crippen LogP contribution in [0.25, 0.3) is 44.1 Å². The first-order chi connectivity index (χ1) is 49.4. The Balaban J connectivity index is 0.000000267. The number of rotatable bonds is 24. The van der Waals surface area contributed by atoms with Crippen molar-refractivity contribution < 1.29 is 74.2 Å². The number of ketones is 2. The van der Waals surface area contributed by atoms with Crippen molar-refractivity contribution in [3.8, 4) is 22.3 Å². The lowest BCUT2D eigenvalue weighted by molar-refractivity contribution is -0.141. The number of aliphatic hydroxyl groups is 1. The van der Waals surface area contributed by atoms with E-state index in [1.54, 1.807) is 128 Å². The molecule has 0 radical (unpaired) electrons. The minimum atomic E-state index is -2.93. The third-order valence-electron chi connectivity index (χ3n) is 19.4. The molecule has 2 fully saturated rings. The van der Waals surface area contributed by atoms with Gasteiger partial charge in [0.05, 0.1) is 62.6 Å². The summed E-state index contributed by atoms with van der Waals surface area (Å²) in [5.74, 6) is -11.0. The maximum absolute atomic E-state index is 15.8. The number of Topliss-reactive ketones (excluding diaryl/α,β-unsaturated/α-hetero) is 2. The van der Waals surface area contributed by atoms with Crippen LogP contribution in [-0.4, -0.2) is 166 Å². The Morgan fingerprint density at radius 2 is 0.972 bits per heavy atom. The molecule has 4 heterocycles. The molecule has 0 saturated carbocycles. The molecule has 566 valence electrons. The van der Waals surface area contributed by atoms with Gasteiger partial charge in [0.2, 0.25) is 35.4 Å². The molecule has 0 aliphatic carbocycles. The van der Waals surface area contributed by atoms with Gasteiger partial charge in [0.25, 0.3) is 11.8 Å². The average molecular weight is 1550 g/mol. The van der Waals surface area contributed by atoms with Crippen molar-refractivity contribution in [2.75, 3.05) is 63.1 Å². The minimum absolute atomic E-state index is 0. The molecule has 2 aliphatic heterocycles. The summed E-state index contributed by atoms with van der Waals surface area (Å²) in [4.78, 5) is 111. The lowest BCUT2D eigenvalue weighted by Gasteiger charge is -2.38. The van der Waals surface area contributed by atoms with E-state index < -0.39 is 112 Å². The molecule has 6 amide bonds. The van der Waals surface area contributed by atoms with Gasteiger partial charge in [-0.3, -0.25) is 38.4 Å². The van der Waals surface area contributed by atoms with Gasteiger partial charge in [-0.1, -0.05) is 117 Å². The number of piperidine rings is 2. The van der Waals surface area contributed by atoms with Crippen LogP contribution in [0.4, 0.5) is 37.7 Å². The first-order valence-electron chi connectivity index (χ1n) is 34.5. The number of nitrogens with zero attached hydrogens (tertiary/aromatic N) is 6. The normalized spacial score (nSPS) is 14.8. The standard InChI is InChI=1S/C42H50ClF3N4O5Si.C36H36ClF3N4O5.ClH/c1-27(25-55-56(6,7)41(3,4)5)50(23-37(52)47-35-15-10-13-31(40(35)44)30-12-8-9-14-34(30)43)39(54)24-49-22-33(28(2)51)32-20-29(16-17-36(32)49)21-38(53)48-19-11-18-42(45,46)26-48;1-22(20-45)44(18-32(47)41-30-10-5-8-26(35(30)38)25-7-3-4-9-29(25)37)34(49)19-43-17-28(23(2)46)27-15-24(11-12-31(27)43)16-33(48)42-14-6-13-36(39,40)21-42;/h8-10,12-17,20,22,27H,11,18-19,21,23-26H2,1-7H3,(H,47,52);3-5,7-12,15,17,22,45H,6,13-14,16,18-21H2,1-2H3,(H,41,47);1H/t27-;22-;/m11./s1. The zero-order valence-electron chi connectivity index (χ0n) is 60.4. The fourth-order valence-corrected chi connectivity index (χ4v) is 14.1. The summed E-state index contributed by atoms with van der Waals surface area (Å²) in [6.07, 6.45) is 2.73. The highest BCUT2D eigenvalue weighted by atomic mass is 35.5. The Morgan fingerprint density at radius 3 is 1.34 bits per heavy atom. The zero-order chi connectivity index (χ0) is 76.6. The number of fused-ring (bicyclic) bond motifs is 2. The predicted octanol–water partition coefficient (Wildman–Crippen LogP) is 15.4. The number of aromatic nitrogens is 2. The second kappa shape index (κ2) is 34.8. The quantitative estimate of drug-likeness (QED) is 0.0296. The number of halogens is 9. The Bertz CT molecular complexity index is 4620. The van der Waals surface area contributed by atoms with E-state index in [9.17, 15) is 61.0 Å². The molecule has 6 aromatic carbocycles. The van der Waals surface area contributed by atoms with Gasteiger partial charge in [-0.2, -0.15) is 0 Å². The van der Waals surface area contributed by atoms with Gasteiger partial charge >= 0.3 is 0 Å². The highest BCUT2D eigenvalue weighted by Crippen LogP contribution is 2.39. The van der Waals surface area contributed by atoms with Crippen molar-refractivity contribution >= 4 is 124 Å². The summed E-state index contributed by atoms with van der Waals surface area (Å²) in [6, 6.07) is 31.2. The summed E-state index contributed by atoms with van der Waals surface area (Å²) in [5, 5.41) is 16.6. The van der Waals surface area contributed by atoms with Crippen LogP contribution in [0.2, 0.25) is 28.2 Å². The highest BCUT2D eigenvalue weighted by Gasteiger charge is 2.40. The Kier molecular flexibility index (Phi) is 27.2. The molecule has 2 atom stereocenters. The second-order valence-corrected chi connectivity index (χ2v) is 34.1. The molecule has 106 heavy (non-hydrogen) atoms. The number of carbonyl (C=O) groups excluding carboxylic acids is 8. The van der Waals surface area contributed by atoms with Crippen molar-refractivity contribution in [1.82, 2.24) is 28.7 Å². The van der Waals surface area contributed by atoms with Crippen LogP contribution in [0.3, 0.4) is 0 Å². The average Bonchev–Trinajstić information content (AvgIpc) is 1.58. The number of alkyl halides is 4. The summed E-state index contributed by atoms with van der Waals surface area (Å²) >= 11 is 12.6. The van der Waals surface area contributed by atoms with E-state index in [0.717, 1.165) is 9.80 Å². The molecule has 0 bridgehead atoms.